The van der Waals surface area contributed by atoms with Crippen LogP contribution in [-0.2, 0) is 21.9 Å². The minimum absolute atomic E-state index is 0.0527. The fourth-order valence-electron chi connectivity index (χ4n) is 3.28. The van der Waals surface area contributed by atoms with E-state index in [-0.39, 0.29) is 17.2 Å². The average molecular weight is 435 g/mol. The molecule has 4 rings (SSSR count). The van der Waals surface area contributed by atoms with Gasteiger partial charge in [0, 0.05) is 22.2 Å². The lowest BCUT2D eigenvalue weighted by Crippen LogP contribution is -2.15. The van der Waals surface area contributed by atoms with Crippen molar-refractivity contribution in [3.05, 3.63) is 90.8 Å². The van der Waals surface area contributed by atoms with Crippen molar-refractivity contribution in [2.45, 2.75) is 17.1 Å². The molecule has 2 N–H and O–H groups in total. The standard InChI is InChI=1S/C24H19F2N3OS/c25-24(26)31(27)22-8-4-7-20(13-22)29-23(30)14-21-12-19-11-17(9-10-18(19)15-28-21)16-5-2-1-3-6-16/h1-13,15,24,27H,14H2,(H,29,30)/t31-/m1/s1. The quantitative estimate of drug-likeness (QED) is 0.387. The first kappa shape index (κ1) is 20.8. The van der Waals surface area contributed by atoms with Crippen LogP contribution in [0.2, 0.25) is 0 Å². The van der Waals surface area contributed by atoms with Gasteiger partial charge in [-0.05, 0) is 57.5 Å². The third-order valence-electron chi connectivity index (χ3n) is 4.78. The number of nitrogens with one attached hydrogen (secondary N) is 2. The molecule has 1 aromatic heterocycles. The number of alkyl halides is 2. The lowest BCUT2D eigenvalue weighted by atomic mass is 10.0. The van der Waals surface area contributed by atoms with Crippen molar-refractivity contribution in [3.63, 3.8) is 0 Å². The highest BCUT2D eigenvalue weighted by Gasteiger charge is 2.13. The molecule has 156 valence electrons. The molecule has 31 heavy (non-hydrogen) atoms. The van der Waals surface area contributed by atoms with E-state index >= 15 is 0 Å². The molecule has 4 nitrogen and oxygen atoms in total. The van der Waals surface area contributed by atoms with Gasteiger partial charge in [-0.25, -0.2) is 0 Å². The summed E-state index contributed by atoms with van der Waals surface area (Å²) in [5, 5.41) is 4.67. The highest BCUT2D eigenvalue weighted by atomic mass is 32.2. The van der Waals surface area contributed by atoms with Crippen LogP contribution in [0.5, 0.6) is 0 Å². The van der Waals surface area contributed by atoms with E-state index in [2.05, 4.69) is 16.4 Å². The molecule has 7 heteroatoms. The molecule has 0 aliphatic carbocycles. The number of fused-ring (bicyclic) bond motifs is 1. The van der Waals surface area contributed by atoms with Gasteiger partial charge in [0.2, 0.25) is 5.91 Å². The summed E-state index contributed by atoms with van der Waals surface area (Å²) in [7, 11) is -1.93. The second kappa shape index (κ2) is 9.14. The maximum Gasteiger partial charge on any atom is 0.298 e. The summed E-state index contributed by atoms with van der Waals surface area (Å²) in [5.74, 6) is -3.06. The van der Waals surface area contributed by atoms with Crippen molar-refractivity contribution < 1.29 is 13.6 Å². The molecular weight excluding hydrogens is 416 g/mol. The molecule has 0 aliphatic heterocycles. The topological polar surface area (TPSA) is 65.8 Å². The van der Waals surface area contributed by atoms with Gasteiger partial charge in [-0.1, -0.05) is 48.5 Å². The Kier molecular flexibility index (Phi) is 6.13. The van der Waals surface area contributed by atoms with Crippen LogP contribution in [0.1, 0.15) is 5.69 Å². The van der Waals surface area contributed by atoms with Gasteiger partial charge in [0.15, 0.2) is 0 Å². The van der Waals surface area contributed by atoms with E-state index in [9.17, 15) is 13.6 Å². The molecule has 0 spiro atoms. The number of carbonyl (C=O) groups is 1. The minimum Gasteiger partial charge on any atom is -0.326 e. The van der Waals surface area contributed by atoms with Gasteiger partial charge in [-0.2, -0.15) is 8.78 Å². The molecule has 0 unspecified atom stereocenters. The first-order valence-electron chi connectivity index (χ1n) is 9.56. The lowest BCUT2D eigenvalue weighted by Gasteiger charge is -2.09. The maximum absolute atomic E-state index is 12.8. The van der Waals surface area contributed by atoms with Crippen LogP contribution in [-0.4, -0.2) is 16.6 Å². The zero-order valence-corrected chi connectivity index (χ0v) is 17.2. The first-order valence-corrected chi connectivity index (χ1v) is 10.8. The molecule has 1 heterocycles. The van der Waals surface area contributed by atoms with Gasteiger partial charge in [-0.15, -0.1) is 0 Å². The second-order valence-corrected chi connectivity index (χ2v) is 8.46. The molecule has 0 fully saturated rings. The van der Waals surface area contributed by atoms with Crippen LogP contribution in [0.4, 0.5) is 14.5 Å². The lowest BCUT2D eigenvalue weighted by molar-refractivity contribution is -0.115. The molecule has 1 amide bonds. The third kappa shape index (κ3) is 5.00. The second-order valence-electron chi connectivity index (χ2n) is 6.95. The molecule has 0 bridgehead atoms. The predicted molar refractivity (Wildman–Crippen MR) is 120 cm³/mol. The van der Waals surface area contributed by atoms with E-state index in [4.69, 9.17) is 4.78 Å². The maximum atomic E-state index is 12.8. The number of benzene rings is 3. The number of nitrogens with zero attached hydrogens (tertiary/aromatic N) is 1. The van der Waals surface area contributed by atoms with Crippen LogP contribution in [0.25, 0.3) is 21.9 Å². The zero-order valence-electron chi connectivity index (χ0n) is 16.4. The normalized spacial score (nSPS) is 12.1. The fraction of sp³-hybridized carbons (Fsp3) is 0.0833. The van der Waals surface area contributed by atoms with E-state index in [0.717, 1.165) is 21.9 Å². The molecule has 0 radical (unpaired) electrons. The Morgan fingerprint density at radius 2 is 1.74 bits per heavy atom. The molecule has 3 aromatic carbocycles. The molecular formula is C24H19F2N3OS. The Labute approximate surface area is 180 Å². The predicted octanol–water partition coefficient (Wildman–Crippen LogP) is 6.05. The summed E-state index contributed by atoms with van der Waals surface area (Å²) in [6, 6.07) is 24.1. The SMILES string of the molecule is N=[S@](c1cccc(NC(=O)Cc2cc3cc(-c4ccccc4)ccc3cn2)c1)C(F)F. The Bertz CT molecular complexity index is 1260. The van der Waals surface area contributed by atoms with Gasteiger partial charge in [-0.3, -0.25) is 14.6 Å². The van der Waals surface area contributed by atoms with Crippen molar-refractivity contribution in [3.8, 4) is 11.1 Å². The third-order valence-corrected chi connectivity index (χ3v) is 5.90. The van der Waals surface area contributed by atoms with Gasteiger partial charge < -0.3 is 5.32 Å². The number of halogens is 2. The molecule has 1 atom stereocenters. The van der Waals surface area contributed by atoms with Crippen molar-refractivity contribution in [1.29, 1.82) is 4.78 Å². The number of aromatic nitrogens is 1. The summed E-state index contributed by atoms with van der Waals surface area (Å²) < 4.78 is 33.1. The van der Waals surface area contributed by atoms with Crippen molar-refractivity contribution in [2.24, 2.45) is 0 Å². The average Bonchev–Trinajstić information content (AvgIpc) is 2.78. The molecule has 4 aromatic rings. The number of carbonyl (C=O) groups excluding carboxylic acids is 1. The van der Waals surface area contributed by atoms with Gasteiger partial charge in [0.25, 0.3) is 5.76 Å². The van der Waals surface area contributed by atoms with E-state index < -0.39 is 16.4 Å². The highest BCUT2D eigenvalue weighted by Crippen LogP contribution is 2.25. The van der Waals surface area contributed by atoms with Crippen molar-refractivity contribution in [1.82, 2.24) is 4.98 Å². The van der Waals surface area contributed by atoms with Crippen LogP contribution in [0.3, 0.4) is 0 Å². The number of amides is 1. The van der Waals surface area contributed by atoms with Crippen molar-refractivity contribution >= 4 is 33.1 Å². The van der Waals surface area contributed by atoms with Crippen molar-refractivity contribution in [2.75, 3.05) is 5.32 Å². The van der Waals surface area contributed by atoms with E-state index in [1.165, 1.54) is 12.1 Å². The molecule has 0 saturated carbocycles. The van der Waals surface area contributed by atoms with Crippen LogP contribution in [0, 0.1) is 4.78 Å². The summed E-state index contributed by atoms with van der Waals surface area (Å²) in [4.78, 5) is 17.0. The van der Waals surface area contributed by atoms with E-state index in [1.54, 1.807) is 18.3 Å². The highest BCUT2D eigenvalue weighted by molar-refractivity contribution is 7.86. The number of hydrogen-bond donors (Lipinski definition) is 2. The van der Waals surface area contributed by atoms with Gasteiger partial charge in [0.1, 0.15) is 0 Å². The van der Waals surface area contributed by atoms with Crippen LogP contribution in [0.15, 0.2) is 90.0 Å². The Balaban J connectivity index is 1.51. The molecule has 0 aliphatic rings. The molecule has 0 saturated heterocycles. The smallest absolute Gasteiger partial charge is 0.298 e. The summed E-state index contributed by atoms with van der Waals surface area (Å²) in [6.07, 6.45) is 1.79. The summed E-state index contributed by atoms with van der Waals surface area (Å²) >= 11 is 0. The number of anilines is 1. The number of hydrogen-bond acceptors (Lipinski definition) is 3. The van der Waals surface area contributed by atoms with Gasteiger partial charge in [0.05, 0.1) is 12.1 Å². The Hall–Kier alpha value is -3.45. The van der Waals surface area contributed by atoms with E-state index in [1.807, 2.05) is 48.5 Å². The fourth-order valence-corrected chi connectivity index (χ4v) is 3.96. The zero-order chi connectivity index (χ0) is 21.8. The van der Waals surface area contributed by atoms with E-state index in [0.29, 0.717) is 11.4 Å². The van der Waals surface area contributed by atoms with Gasteiger partial charge >= 0.3 is 0 Å². The monoisotopic (exact) mass is 435 g/mol. The summed E-state index contributed by atoms with van der Waals surface area (Å²) in [6.45, 7) is 0. The Morgan fingerprint density at radius 1 is 0.935 bits per heavy atom. The van der Waals surface area contributed by atoms with Crippen LogP contribution >= 0.6 is 0 Å². The Morgan fingerprint density at radius 3 is 2.52 bits per heavy atom. The number of pyridine rings is 1. The number of rotatable bonds is 6. The summed E-state index contributed by atoms with van der Waals surface area (Å²) in [5.41, 5.74) is 3.19. The van der Waals surface area contributed by atoms with Crippen LogP contribution < -0.4 is 5.32 Å². The largest absolute Gasteiger partial charge is 0.326 e. The minimum atomic E-state index is -2.76. The first-order chi connectivity index (χ1) is 15.0.